The molecule has 0 aromatic carbocycles. The smallest absolute Gasteiger partial charge is 0.202 e. The first-order valence-electron chi connectivity index (χ1n) is 3.97. The predicted octanol–water partition coefficient (Wildman–Crippen LogP) is 1.70. The van der Waals surface area contributed by atoms with Gasteiger partial charge in [-0.1, -0.05) is 6.92 Å². The molecule has 0 radical (unpaired) electrons. The lowest BCUT2D eigenvalue weighted by atomic mass is 10.1. The van der Waals surface area contributed by atoms with Gasteiger partial charge in [-0.2, -0.15) is 16.1 Å². The number of nitrogens with one attached hydrogen (secondary N) is 1. The zero-order valence-electron chi connectivity index (χ0n) is 6.86. The largest absolute Gasteiger partial charge is 0.356 e. The highest BCUT2D eigenvalue weighted by molar-refractivity contribution is 7.99. The summed E-state index contributed by atoms with van der Waals surface area (Å²) in [6, 6.07) is 0.586. The van der Waals surface area contributed by atoms with Gasteiger partial charge in [-0.3, -0.25) is 0 Å². The summed E-state index contributed by atoms with van der Waals surface area (Å²) in [5.74, 6) is 3.20. The Hall–Kier alpha value is -0.290. The molecule has 1 aliphatic heterocycles. The fraction of sp³-hybridized carbons (Fsp3) is 0.714. The Morgan fingerprint density at radius 3 is 3.08 bits per heavy atom. The molecule has 1 N–H and O–H groups in total. The quantitative estimate of drug-likeness (QED) is 0.790. The van der Waals surface area contributed by atoms with Gasteiger partial charge < -0.3 is 5.32 Å². The highest BCUT2D eigenvalue weighted by Gasteiger charge is 2.24. The van der Waals surface area contributed by atoms with E-state index in [1.165, 1.54) is 23.0 Å². The van der Waals surface area contributed by atoms with Gasteiger partial charge >= 0.3 is 0 Å². The fourth-order valence-electron chi connectivity index (χ4n) is 1.24. The number of thioether (sulfide) groups is 1. The minimum absolute atomic E-state index is 0.586. The summed E-state index contributed by atoms with van der Waals surface area (Å²) in [5, 5.41) is 4.35. The molecule has 2 atom stereocenters. The summed E-state index contributed by atoms with van der Waals surface area (Å²) in [6.45, 7) is 2.28. The van der Waals surface area contributed by atoms with Crippen molar-refractivity contribution in [2.45, 2.75) is 13.0 Å². The maximum absolute atomic E-state index is 4.10. The van der Waals surface area contributed by atoms with Crippen molar-refractivity contribution in [1.82, 2.24) is 9.36 Å². The van der Waals surface area contributed by atoms with E-state index in [1.807, 2.05) is 11.8 Å². The molecule has 12 heavy (non-hydrogen) atoms. The van der Waals surface area contributed by atoms with Crippen LogP contribution in [0.25, 0.3) is 0 Å². The van der Waals surface area contributed by atoms with E-state index in [0.717, 1.165) is 11.0 Å². The van der Waals surface area contributed by atoms with Gasteiger partial charge in [-0.25, -0.2) is 4.98 Å². The molecular weight excluding hydrogens is 190 g/mol. The normalized spacial score (nSPS) is 29.1. The Morgan fingerprint density at radius 2 is 2.50 bits per heavy atom. The summed E-state index contributed by atoms with van der Waals surface area (Å²) in [6.07, 6.45) is 1.60. The van der Waals surface area contributed by atoms with E-state index in [0.29, 0.717) is 6.04 Å². The predicted molar refractivity (Wildman–Crippen MR) is 53.8 cm³/mol. The number of anilines is 1. The zero-order valence-corrected chi connectivity index (χ0v) is 8.49. The highest BCUT2D eigenvalue weighted by atomic mass is 32.2. The van der Waals surface area contributed by atoms with E-state index >= 15 is 0 Å². The van der Waals surface area contributed by atoms with Crippen LogP contribution in [0, 0.1) is 5.92 Å². The molecule has 66 valence electrons. The van der Waals surface area contributed by atoms with Gasteiger partial charge in [-0.15, -0.1) is 0 Å². The molecule has 0 aliphatic carbocycles. The standard InChI is InChI=1S/C7H11N3S2/c1-5-2-11-3-6(5)10-7-8-4-9-12-7/h4-6H,2-3H2,1H3,(H,8,9,10). The van der Waals surface area contributed by atoms with Crippen LogP contribution < -0.4 is 5.32 Å². The van der Waals surface area contributed by atoms with Crippen molar-refractivity contribution in [2.75, 3.05) is 16.8 Å². The van der Waals surface area contributed by atoms with Crippen LogP contribution >= 0.6 is 23.3 Å². The van der Waals surface area contributed by atoms with E-state index in [2.05, 4.69) is 21.6 Å². The van der Waals surface area contributed by atoms with Crippen molar-refractivity contribution in [2.24, 2.45) is 5.92 Å². The number of hydrogen-bond acceptors (Lipinski definition) is 5. The van der Waals surface area contributed by atoms with Gasteiger partial charge in [0.05, 0.1) is 0 Å². The summed E-state index contributed by atoms with van der Waals surface area (Å²) in [7, 11) is 0. The van der Waals surface area contributed by atoms with Gasteiger partial charge in [-0.05, 0) is 11.7 Å². The van der Waals surface area contributed by atoms with E-state index < -0.39 is 0 Å². The SMILES string of the molecule is CC1CSCC1Nc1ncns1. The van der Waals surface area contributed by atoms with Crippen LogP contribution in [0.1, 0.15) is 6.92 Å². The van der Waals surface area contributed by atoms with Gasteiger partial charge in [0.2, 0.25) is 5.13 Å². The monoisotopic (exact) mass is 201 g/mol. The van der Waals surface area contributed by atoms with Gasteiger partial charge in [0, 0.05) is 23.3 Å². The molecule has 5 heteroatoms. The lowest BCUT2D eigenvalue weighted by Crippen LogP contribution is -2.25. The molecule has 0 amide bonds. The van der Waals surface area contributed by atoms with Crippen molar-refractivity contribution in [3.05, 3.63) is 6.33 Å². The molecule has 1 aliphatic rings. The molecular formula is C7H11N3S2. The molecule has 1 aromatic rings. The van der Waals surface area contributed by atoms with Crippen molar-refractivity contribution >= 4 is 28.4 Å². The molecule has 3 nitrogen and oxygen atoms in total. The van der Waals surface area contributed by atoms with Crippen molar-refractivity contribution < 1.29 is 0 Å². The summed E-state index contributed by atoms with van der Waals surface area (Å²) in [5.41, 5.74) is 0. The fourth-order valence-corrected chi connectivity index (χ4v) is 3.14. The van der Waals surface area contributed by atoms with Crippen molar-refractivity contribution in [3.8, 4) is 0 Å². The molecule has 0 spiro atoms. The molecule has 0 bridgehead atoms. The van der Waals surface area contributed by atoms with E-state index in [1.54, 1.807) is 6.33 Å². The minimum Gasteiger partial charge on any atom is -0.356 e. The summed E-state index contributed by atoms with van der Waals surface area (Å²) >= 11 is 3.44. The van der Waals surface area contributed by atoms with E-state index in [4.69, 9.17) is 0 Å². The van der Waals surface area contributed by atoms with E-state index in [-0.39, 0.29) is 0 Å². The van der Waals surface area contributed by atoms with Crippen molar-refractivity contribution in [3.63, 3.8) is 0 Å². The third-order valence-corrected chi connectivity index (χ3v) is 3.99. The number of aromatic nitrogens is 2. The Bertz CT molecular complexity index is 237. The molecule has 2 unspecified atom stereocenters. The van der Waals surface area contributed by atoms with Crippen molar-refractivity contribution in [1.29, 1.82) is 0 Å². The van der Waals surface area contributed by atoms with Gasteiger partial charge in [0.15, 0.2) is 0 Å². The minimum atomic E-state index is 0.586. The first-order chi connectivity index (χ1) is 5.86. The second-order valence-electron chi connectivity index (χ2n) is 3.01. The second kappa shape index (κ2) is 3.62. The van der Waals surface area contributed by atoms with Crippen LogP contribution in [0.3, 0.4) is 0 Å². The molecule has 0 saturated carbocycles. The van der Waals surface area contributed by atoms with Crippen LogP contribution in [-0.4, -0.2) is 26.9 Å². The van der Waals surface area contributed by atoms with Gasteiger partial charge in [0.1, 0.15) is 6.33 Å². The first kappa shape index (κ1) is 8.31. The van der Waals surface area contributed by atoms with E-state index in [9.17, 15) is 0 Å². The lowest BCUT2D eigenvalue weighted by molar-refractivity contribution is 0.599. The molecule has 2 rings (SSSR count). The van der Waals surface area contributed by atoms with Crippen LogP contribution in [0.2, 0.25) is 0 Å². The van der Waals surface area contributed by atoms with Gasteiger partial charge in [0.25, 0.3) is 0 Å². The summed E-state index contributed by atoms with van der Waals surface area (Å²) < 4.78 is 3.95. The van der Waals surface area contributed by atoms with Crippen LogP contribution in [0.15, 0.2) is 6.33 Å². The third-order valence-electron chi connectivity index (χ3n) is 2.04. The average molecular weight is 201 g/mol. The molecule has 1 saturated heterocycles. The summed E-state index contributed by atoms with van der Waals surface area (Å²) in [4.78, 5) is 4.10. The maximum atomic E-state index is 4.10. The molecule has 2 heterocycles. The maximum Gasteiger partial charge on any atom is 0.202 e. The Morgan fingerprint density at radius 1 is 1.58 bits per heavy atom. The van der Waals surface area contributed by atoms with Crippen LogP contribution in [-0.2, 0) is 0 Å². The third kappa shape index (κ3) is 1.72. The van der Waals surface area contributed by atoms with Crippen LogP contribution in [0.4, 0.5) is 5.13 Å². The molecule has 1 fully saturated rings. The number of hydrogen-bond donors (Lipinski definition) is 1. The second-order valence-corrected chi connectivity index (χ2v) is 4.87. The lowest BCUT2D eigenvalue weighted by Gasteiger charge is -2.14. The number of rotatable bonds is 2. The topological polar surface area (TPSA) is 37.8 Å². The molecule has 1 aromatic heterocycles. The average Bonchev–Trinajstić information content (AvgIpc) is 2.65. The Labute approximate surface area is 80.1 Å². The number of nitrogens with zero attached hydrogens (tertiary/aromatic N) is 2. The Kier molecular flexibility index (Phi) is 2.51. The first-order valence-corrected chi connectivity index (χ1v) is 5.90. The Balaban J connectivity index is 1.95. The zero-order chi connectivity index (χ0) is 8.39. The van der Waals surface area contributed by atoms with Crippen LogP contribution in [0.5, 0.6) is 0 Å². The highest BCUT2D eigenvalue weighted by Crippen LogP contribution is 2.26.